The predicted octanol–water partition coefficient (Wildman–Crippen LogP) is 4.06. The zero-order chi connectivity index (χ0) is 25.7. The number of pyridine rings is 1. The second kappa shape index (κ2) is 10.7. The topological polar surface area (TPSA) is 100 Å². The Morgan fingerprint density at radius 2 is 1.61 bits per heavy atom. The molecule has 188 valence electrons. The van der Waals surface area contributed by atoms with Gasteiger partial charge in [0.1, 0.15) is 12.1 Å². The third-order valence-electron chi connectivity index (χ3n) is 6.65. The Bertz CT molecular complexity index is 1540. The molecule has 38 heavy (non-hydrogen) atoms. The lowest BCUT2D eigenvalue weighted by Gasteiger charge is -2.35. The minimum atomic E-state index is -0.246. The first-order valence-electron chi connectivity index (χ1n) is 12.5. The lowest BCUT2D eigenvalue weighted by atomic mass is 10.0. The largest absolute Gasteiger partial charge is 0.353 e. The normalized spacial score (nSPS) is 13.9. The van der Waals surface area contributed by atoms with Crippen LogP contribution in [-0.2, 0) is 6.54 Å². The molecule has 9 nitrogen and oxygen atoms in total. The van der Waals surface area contributed by atoms with Crippen molar-refractivity contribution in [1.82, 2.24) is 29.8 Å². The van der Waals surface area contributed by atoms with Crippen LogP contribution in [0.1, 0.15) is 15.9 Å². The molecule has 2 aromatic carbocycles. The van der Waals surface area contributed by atoms with E-state index < -0.39 is 0 Å². The van der Waals surface area contributed by atoms with Gasteiger partial charge in [-0.2, -0.15) is 0 Å². The number of benzene rings is 2. The van der Waals surface area contributed by atoms with Crippen molar-refractivity contribution in [2.45, 2.75) is 6.54 Å². The summed E-state index contributed by atoms with van der Waals surface area (Å²) in [5.74, 6) is 0.656. The molecule has 0 aliphatic carbocycles. The van der Waals surface area contributed by atoms with Gasteiger partial charge in [0.25, 0.3) is 5.91 Å². The van der Waals surface area contributed by atoms with E-state index in [2.05, 4.69) is 47.2 Å². The van der Waals surface area contributed by atoms with E-state index in [0.29, 0.717) is 11.3 Å². The Labute approximate surface area is 220 Å². The van der Waals surface area contributed by atoms with E-state index >= 15 is 0 Å². The lowest BCUT2D eigenvalue weighted by Crippen LogP contribution is -2.46. The van der Waals surface area contributed by atoms with Gasteiger partial charge < -0.3 is 10.2 Å². The molecular weight excluding hydrogens is 476 g/mol. The van der Waals surface area contributed by atoms with Crippen molar-refractivity contribution in [3.63, 3.8) is 0 Å². The van der Waals surface area contributed by atoms with Crippen LogP contribution in [-0.4, -0.2) is 61.9 Å². The number of hydrogen-bond acceptors (Lipinski definition) is 8. The molecule has 0 unspecified atom stereocenters. The maximum Gasteiger partial charge on any atom is 0.258 e. The maximum atomic E-state index is 12.4. The van der Waals surface area contributed by atoms with Crippen LogP contribution < -0.4 is 10.2 Å². The molecule has 4 heterocycles. The van der Waals surface area contributed by atoms with Crippen molar-refractivity contribution in [2.24, 2.45) is 0 Å². The Kier molecular flexibility index (Phi) is 6.65. The number of aromatic nitrogens is 5. The highest BCUT2D eigenvalue weighted by Gasteiger charge is 2.19. The molecule has 0 bridgehead atoms. The van der Waals surface area contributed by atoms with Crippen molar-refractivity contribution in [1.29, 1.82) is 0 Å². The van der Waals surface area contributed by atoms with Crippen molar-refractivity contribution < 1.29 is 4.79 Å². The molecule has 1 N–H and O–H groups in total. The fourth-order valence-electron chi connectivity index (χ4n) is 4.58. The van der Waals surface area contributed by atoms with Crippen LogP contribution in [0.5, 0.6) is 0 Å². The van der Waals surface area contributed by atoms with E-state index in [0.717, 1.165) is 60.7 Å². The summed E-state index contributed by atoms with van der Waals surface area (Å²) in [5.41, 5.74) is 6.15. The second-order valence-electron chi connectivity index (χ2n) is 9.21. The highest BCUT2D eigenvalue weighted by Crippen LogP contribution is 2.26. The highest BCUT2D eigenvalue weighted by atomic mass is 16.1. The molecular formula is C29H26N8O. The average Bonchev–Trinajstić information content (AvgIpc) is 2.98. The van der Waals surface area contributed by atoms with Gasteiger partial charge in [0.2, 0.25) is 0 Å². The number of fused-ring (bicyclic) bond motifs is 1. The monoisotopic (exact) mass is 502 g/mol. The molecule has 0 atom stereocenters. The van der Waals surface area contributed by atoms with Crippen molar-refractivity contribution in [2.75, 3.05) is 36.4 Å². The third-order valence-corrected chi connectivity index (χ3v) is 6.65. The number of hydrogen-bond donors (Lipinski definition) is 1. The van der Waals surface area contributed by atoms with Crippen LogP contribution in [0.3, 0.4) is 0 Å². The van der Waals surface area contributed by atoms with Crippen molar-refractivity contribution >= 4 is 28.4 Å². The van der Waals surface area contributed by atoms with Gasteiger partial charge >= 0.3 is 0 Å². The fourth-order valence-corrected chi connectivity index (χ4v) is 4.58. The summed E-state index contributed by atoms with van der Waals surface area (Å²) in [6.07, 6.45) is 9.99. The van der Waals surface area contributed by atoms with E-state index in [-0.39, 0.29) is 5.91 Å². The third kappa shape index (κ3) is 5.33. The summed E-state index contributed by atoms with van der Waals surface area (Å²) in [6, 6.07) is 17.9. The molecule has 6 rings (SSSR count). The van der Waals surface area contributed by atoms with Gasteiger partial charge in [0, 0.05) is 63.2 Å². The molecule has 1 amide bonds. The summed E-state index contributed by atoms with van der Waals surface area (Å²) in [5, 5.41) is 2.87. The van der Waals surface area contributed by atoms with Gasteiger partial charge in [-0.15, -0.1) is 0 Å². The van der Waals surface area contributed by atoms with Crippen LogP contribution >= 0.6 is 0 Å². The van der Waals surface area contributed by atoms with Gasteiger partial charge in [-0.1, -0.05) is 24.3 Å². The summed E-state index contributed by atoms with van der Waals surface area (Å²) in [7, 11) is 0. The van der Waals surface area contributed by atoms with E-state index in [1.165, 1.54) is 24.3 Å². The first kappa shape index (κ1) is 23.6. The zero-order valence-corrected chi connectivity index (χ0v) is 20.7. The first-order valence-corrected chi connectivity index (χ1v) is 12.5. The van der Waals surface area contributed by atoms with Crippen LogP contribution in [0.25, 0.3) is 22.2 Å². The summed E-state index contributed by atoms with van der Waals surface area (Å²) in [4.78, 5) is 38.7. The average molecular weight is 503 g/mol. The minimum absolute atomic E-state index is 0.246. The number of rotatable bonds is 6. The molecule has 9 heteroatoms. The Morgan fingerprint density at radius 3 is 2.37 bits per heavy atom. The first-order chi connectivity index (χ1) is 18.7. The highest BCUT2D eigenvalue weighted by molar-refractivity contribution is 6.03. The fraction of sp³-hybridized carbons (Fsp3) is 0.172. The lowest BCUT2D eigenvalue weighted by molar-refractivity contribution is 0.102. The van der Waals surface area contributed by atoms with E-state index in [1.54, 1.807) is 0 Å². The number of amides is 1. The van der Waals surface area contributed by atoms with Gasteiger partial charge in [-0.3, -0.25) is 19.7 Å². The molecule has 0 spiro atoms. The number of anilines is 2. The Hall–Kier alpha value is -4.76. The Balaban J connectivity index is 1.13. The molecule has 0 saturated carbocycles. The molecule has 0 radical (unpaired) electrons. The standard InChI is InChI=1S/C29H26N8O/c38-29(24-16-31-20-32-17-24)34-25-6-3-22(4-7-25)23-5-8-26-27(14-23)35-28(18-33-26)37-12-10-36(11-13-37)19-21-2-1-9-30-15-21/h1-9,14-18,20H,10-13,19H2,(H,34,38). The second-order valence-corrected chi connectivity index (χ2v) is 9.21. The van der Waals surface area contributed by atoms with Crippen LogP contribution in [0.15, 0.2) is 91.9 Å². The van der Waals surface area contributed by atoms with Gasteiger partial charge in [-0.05, 0) is 47.0 Å². The van der Waals surface area contributed by atoms with Crippen LogP contribution in [0.4, 0.5) is 11.5 Å². The number of nitrogens with one attached hydrogen (secondary N) is 1. The molecule has 1 aliphatic heterocycles. The SMILES string of the molecule is O=C(Nc1ccc(-c2ccc3ncc(N4CCN(Cc5cccnc5)CC4)nc3c2)cc1)c1cncnc1. The summed E-state index contributed by atoms with van der Waals surface area (Å²) in [6.45, 7) is 4.66. The zero-order valence-electron chi connectivity index (χ0n) is 20.7. The van der Waals surface area contributed by atoms with E-state index in [4.69, 9.17) is 4.98 Å². The summed E-state index contributed by atoms with van der Waals surface area (Å²) < 4.78 is 0. The van der Waals surface area contributed by atoms with Gasteiger partial charge in [0.05, 0.1) is 22.8 Å². The molecule has 5 aromatic rings. The number of carbonyl (C=O) groups is 1. The number of piperazine rings is 1. The molecule has 3 aromatic heterocycles. The smallest absolute Gasteiger partial charge is 0.258 e. The van der Waals surface area contributed by atoms with Crippen LogP contribution in [0.2, 0.25) is 0 Å². The van der Waals surface area contributed by atoms with E-state index in [9.17, 15) is 4.79 Å². The minimum Gasteiger partial charge on any atom is -0.353 e. The quantitative estimate of drug-likeness (QED) is 0.371. The number of carbonyl (C=O) groups excluding carboxylic acids is 1. The molecule has 1 aliphatic rings. The molecule has 1 fully saturated rings. The van der Waals surface area contributed by atoms with Gasteiger partial charge in [-0.25, -0.2) is 15.0 Å². The van der Waals surface area contributed by atoms with Crippen molar-refractivity contribution in [3.8, 4) is 11.1 Å². The predicted molar refractivity (Wildman–Crippen MR) is 147 cm³/mol. The molecule has 1 saturated heterocycles. The van der Waals surface area contributed by atoms with Gasteiger partial charge in [0.15, 0.2) is 0 Å². The summed E-state index contributed by atoms with van der Waals surface area (Å²) >= 11 is 0. The Morgan fingerprint density at radius 1 is 0.816 bits per heavy atom. The van der Waals surface area contributed by atoms with Crippen molar-refractivity contribution in [3.05, 3.63) is 103 Å². The maximum absolute atomic E-state index is 12.4. The van der Waals surface area contributed by atoms with Crippen LogP contribution in [0, 0.1) is 0 Å². The van der Waals surface area contributed by atoms with E-state index in [1.807, 2.05) is 61.1 Å². The number of nitrogens with zero attached hydrogens (tertiary/aromatic N) is 7.